The first-order valence-corrected chi connectivity index (χ1v) is 8.31. The van der Waals surface area contributed by atoms with Crippen LogP contribution in [0.25, 0.3) is 0 Å². The van der Waals surface area contributed by atoms with Crippen LogP contribution in [0.2, 0.25) is 0 Å². The summed E-state index contributed by atoms with van der Waals surface area (Å²) >= 11 is 1.77. The number of esters is 1. The number of aryl methyl sites for hydroxylation is 1. The first kappa shape index (κ1) is 14.6. The molecule has 2 saturated carbocycles. The lowest BCUT2D eigenvalue weighted by atomic mass is 10.2. The molecule has 2 fully saturated rings. The number of thiophene rings is 1. The lowest BCUT2D eigenvalue weighted by Crippen LogP contribution is -2.46. The van der Waals surface area contributed by atoms with E-state index in [4.69, 9.17) is 4.74 Å². The summed E-state index contributed by atoms with van der Waals surface area (Å²) in [5.41, 5.74) is 0. The Bertz CT molecular complexity index is 564. The molecular weight excluding hydrogens is 286 g/mol. The van der Waals surface area contributed by atoms with Crippen LogP contribution in [0.1, 0.15) is 41.9 Å². The highest BCUT2D eigenvalue weighted by Gasteiger charge is 2.50. The number of hydrogen-bond acceptors (Lipinski definition) is 4. The number of methoxy groups -OCH3 is 1. The Morgan fingerprint density at radius 3 is 2.62 bits per heavy atom. The van der Waals surface area contributed by atoms with Gasteiger partial charge in [-0.25, -0.2) is 4.79 Å². The lowest BCUT2D eigenvalue weighted by molar-refractivity contribution is -0.153. The van der Waals surface area contributed by atoms with Crippen LogP contribution in [0.5, 0.6) is 0 Å². The summed E-state index contributed by atoms with van der Waals surface area (Å²) in [6, 6.07) is 4.00. The van der Waals surface area contributed by atoms with E-state index in [1.807, 2.05) is 0 Å². The zero-order chi connectivity index (χ0) is 15.1. The molecule has 1 heterocycles. The first-order valence-electron chi connectivity index (χ1n) is 7.49. The largest absolute Gasteiger partial charge is 0.467 e. The minimum atomic E-state index is -0.471. The highest BCUT2D eigenvalue weighted by molar-refractivity contribution is 7.12. The van der Waals surface area contributed by atoms with Crippen molar-refractivity contribution >= 4 is 23.2 Å². The highest BCUT2D eigenvalue weighted by atomic mass is 32.1. The normalized spacial score (nSPS) is 25.3. The van der Waals surface area contributed by atoms with Crippen LogP contribution in [0.3, 0.4) is 0 Å². The number of hydrogen-bond donors (Lipinski definition) is 0. The fourth-order valence-electron chi connectivity index (χ4n) is 2.95. The second-order valence-electron chi connectivity index (χ2n) is 6.07. The minimum Gasteiger partial charge on any atom is -0.467 e. The lowest BCUT2D eigenvalue weighted by Gasteiger charge is -2.27. The molecule has 0 radical (unpaired) electrons. The second kappa shape index (κ2) is 5.44. The van der Waals surface area contributed by atoms with Crippen LogP contribution >= 0.6 is 11.3 Å². The molecule has 3 atom stereocenters. The van der Waals surface area contributed by atoms with Crippen molar-refractivity contribution in [2.45, 2.75) is 51.1 Å². The standard InChI is InChI=1S/C16H21NO3S/c1-9-4-7-14(21-9)12-8-13(12)15(18)17(11-5-6-11)10(2)16(19)20-3/h4,7,10-13H,5-6,8H2,1-3H3/t10-,12-,13-/m0/s1. The van der Waals surface area contributed by atoms with E-state index in [-0.39, 0.29) is 23.8 Å². The molecule has 1 aromatic rings. The average Bonchev–Trinajstić information content (AvgIpc) is 3.37. The molecule has 21 heavy (non-hydrogen) atoms. The van der Waals surface area contributed by atoms with Crippen molar-refractivity contribution in [2.75, 3.05) is 7.11 Å². The molecular formula is C16H21NO3S. The third kappa shape index (κ3) is 2.84. The molecule has 0 aromatic carbocycles. The van der Waals surface area contributed by atoms with Crippen LogP contribution in [0.4, 0.5) is 0 Å². The Morgan fingerprint density at radius 2 is 2.10 bits per heavy atom. The van der Waals surface area contributed by atoms with Crippen molar-refractivity contribution in [3.63, 3.8) is 0 Å². The predicted molar refractivity (Wildman–Crippen MR) is 81.3 cm³/mol. The fourth-order valence-corrected chi connectivity index (χ4v) is 4.01. The quantitative estimate of drug-likeness (QED) is 0.786. The molecule has 4 nitrogen and oxygen atoms in total. The third-order valence-corrected chi connectivity index (χ3v) is 5.52. The van der Waals surface area contributed by atoms with Crippen LogP contribution in [-0.4, -0.2) is 36.0 Å². The van der Waals surface area contributed by atoms with Gasteiger partial charge in [0.2, 0.25) is 5.91 Å². The van der Waals surface area contributed by atoms with Gasteiger partial charge in [0.15, 0.2) is 0 Å². The van der Waals surface area contributed by atoms with Gasteiger partial charge >= 0.3 is 5.97 Å². The van der Waals surface area contributed by atoms with Crippen LogP contribution in [0, 0.1) is 12.8 Å². The summed E-state index contributed by atoms with van der Waals surface area (Å²) in [7, 11) is 1.38. The monoisotopic (exact) mass is 307 g/mol. The van der Waals surface area contributed by atoms with Crippen molar-refractivity contribution < 1.29 is 14.3 Å². The summed E-state index contributed by atoms with van der Waals surface area (Å²) in [6.45, 7) is 3.86. The van der Waals surface area contributed by atoms with Gasteiger partial charge < -0.3 is 9.64 Å². The maximum atomic E-state index is 12.8. The van der Waals surface area contributed by atoms with E-state index < -0.39 is 6.04 Å². The number of carbonyl (C=O) groups is 2. The molecule has 2 aliphatic rings. The SMILES string of the molecule is COC(=O)[C@H](C)N(C(=O)[C@H]1C[C@@H]1c1ccc(C)s1)C1CC1. The molecule has 1 amide bonds. The van der Waals surface area contributed by atoms with Crippen LogP contribution in [0.15, 0.2) is 12.1 Å². The van der Waals surface area contributed by atoms with Gasteiger partial charge in [0, 0.05) is 27.6 Å². The number of amides is 1. The van der Waals surface area contributed by atoms with Crippen molar-refractivity contribution in [3.8, 4) is 0 Å². The van der Waals surface area contributed by atoms with E-state index in [0.717, 1.165) is 19.3 Å². The zero-order valence-corrected chi connectivity index (χ0v) is 13.5. The van der Waals surface area contributed by atoms with Gasteiger partial charge in [-0.3, -0.25) is 4.79 Å². The van der Waals surface area contributed by atoms with Gasteiger partial charge in [-0.1, -0.05) is 0 Å². The van der Waals surface area contributed by atoms with E-state index in [1.54, 1.807) is 23.2 Å². The van der Waals surface area contributed by atoms with Crippen molar-refractivity contribution in [1.29, 1.82) is 0 Å². The Morgan fingerprint density at radius 1 is 1.38 bits per heavy atom. The number of nitrogens with zero attached hydrogens (tertiary/aromatic N) is 1. The van der Waals surface area contributed by atoms with Crippen LogP contribution in [-0.2, 0) is 14.3 Å². The summed E-state index contributed by atoms with van der Waals surface area (Å²) in [5, 5.41) is 0. The van der Waals surface area contributed by atoms with Gasteiger partial charge in [-0.2, -0.15) is 0 Å². The fraction of sp³-hybridized carbons (Fsp3) is 0.625. The molecule has 1 aromatic heterocycles. The van der Waals surface area contributed by atoms with Gasteiger partial charge in [0.25, 0.3) is 0 Å². The summed E-state index contributed by atoms with van der Waals surface area (Å²) in [5.74, 6) is 0.212. The first-order chi connectivity index (χ1) is 10.0. The second-order valence-corrected chi connectivity index (χ2v) is 7.39. The molecule has 0 aliphatic heterocycles. The maximum absolute atomic E-state index is 12.8. The van der Waals surface area contributed by atoms with Crippen molar-refractivity contribution in [2.24, 2.45) is 5.92 Å². The van der Waals surface area contributed by atoms with E-state index in [1.165, 1.54) is 16.9 Å². The Balaban J connectivity index is 1.70. The smallest absolute Gasteiger partial charge is 0.328 e. The van der Waals surface area contributed by atoms with Crippen LogP contribution < -0.4 is 0 Å². The molecule has 0 bridgehead atoms. The Labute approximate surface area is 129 Å². The van der Waals surface area contributed by atoms with Crippen molar-refractivity contribution in [1.82, 2.24) is 4.90 Å². The maximum Gasteiger partial charge on any atom is 0.328 e. The van der Waals surface area contributed by atoms with Crippen molar-refractivity contribution in [3.05, 3.63) is 21.9 Å². The summed E-state index contributed by atoms with van der Waals surface area (Å²) in [4.78, 5) is 28.9. The predicted octanol–water partition coefficient (Wildman–Crippen LogP) is 2.71. The van der Waals surface area contributed by atoms with Gasteiger partial charge in [0.05, 0.1) is 7.11 Å². The van der Waals surface area contributed by atoms with E-state index >= 15 is 0 Å². The summed E-state index contributed by atoms with van der Waals surface area (Å²) in [6.07, 6.45) is 2.92. The Kier molecular flexibility index (Phi) is 3.78. The molecule has 0 N–H and O–H groups in total. The average molecular weight is 307 g/mol. The molecule has 3 rings (SSSR count). The number of rotatable bonds is 5. The van der Waals surface area contributed by atoms with Gasteiger partial charge in [-0.15, -0.1) is 11.3 Å². The van der Waals surface area contributed by atoms with Gasteiger partial charge in [-0.05, 0) is 45.2 Å². The van der Waals surface area contributed by atoms with Gasteiger partial charge in [0.1, 0.15) is 6.04 Å². The van der Waals surface area contributed by atoms with E-state index in [0.29, 0.717) is 5.92 Å². The zero-order valence-electron chi connectivity index (χ0n) is 12.7. The minimum absolute atomic E-state index is 0.0516. The topological polar surface area (TPSA) is 46.6 Å². The van der Waals surface area contributed by atoms with E-state index in [2.05, 4.69) is 19.1 Å². The summed E-state index contributed by atoms with van der Waals surface area (Å²) < 4.78 is 4.81. The van der Waals surface area contributed by atoms with E-state index in [9.17, 15) is 9.59 Å². The highest BCUT2D eigenvalue weighted by Crippen LogP contribution is 2.51. The molecule has 0 unspecified atom stereocenters. The number of ether oxygens (including phenoxy) is 1. The Hall–Kier alpha value is -1.36. The molecule has 2 aliphatic carbocycles. The third-order valence-electron chi connectivity index (χ3n) is 4.39. The molecule has 5 heteroatoms. The molecule has 0 spiro atoms. The molecule has 114 valence electrons. The molecule has 0 saturated heterocycles. The number of carbonyl (C=O) groups excluding carboxylic acids is 2.